The van der Waals surface area contributed by atoms with Crippen LogP contribution in [0.2, 0.25) is 0 Å². The van der Waals surface area contributed by atoms with Gasteiger partial charge in [0, 0.05) is 19.1 Å². The van der Waals surface area contributed by atoms with Crippen molar-refractivity contribution in [2.45, 2.75) is 53.0 Å². The highest BCUT2D eigenvalue weighted by atomic mass is 15.2. The number of rotatable bonds is 7. The molecule has 1 fully saturated rings. The van der Waals surface area contributed by atoms with E-state index in [1.165, 1.54) is 48.1 Å². The van der Waals surface area contributed by atoms with Gasteiger partial charge in [0.1, 0.15) is 0 Å². The molecule has 1 unspecified atom stereocenters. The van der Waals surface area contributed by atoms with Gasteiger partial charge in [-0.3, -0.25) is 4.90 Å². The molecule has 1 aromatic rings. The molecular weight excluding hydrogens is 244 g/mol. The van der Waals surface area contributed by atoms with Crippen LogP contribution in [0.5, 0.6) is 0 Å². The molecule has 1 aromatic carbocycles. The number of hydrogen-bond donors (Lipinski definition) is 1. The van der Waals surface area contributed by atoms with Gasteiger partial charge in [-0.25, -0.2) is 0 Å². The Kier molecular flexibility index (Phi) is 5.22. The maximum absolute atomic E-state index is 6.17. The zero-order valence-corrected chi connectivity index (χ0v) is 13.6. The number of benzene rings is 1. The summed E-state index contributed by atoms with van der Waals surface area (Å²) in [5.41, 5.74) is 11.8. The van der Waals surface area contributed by atoms with Crippen molar-refractivity contribution in [2.75, 3.05) is 19.6 Å². The van der Waals surface area contributed by atoms with Crippen LogP contribution in [0.4, 0.5) is 0 Å². The van der Waals surface area contributed by atoms with Gasteiger partial charge in [-0.2, -0.15) is 0 Å². The van der Waals surface area contributed by atoms with Crippen molar-refractivity contribution < 1.29 is 0 Å². The standard InChI is InChI=1S/C18H30N2/c1-5-8-20(12-16-6-7-16)17(11-19)18-14(3)9-13(2)10-15(18)4/h9-10,16-17H,5-8,11-12,19H2,1-4H3. The van der Waals surface area contributed by atoms with E-state index in [1.54, 1.807) is 0 Å². The Hall–Kier alpha value is -0.860. The van der Waals surface area contributed by atoms with E-state index in [2.05, 4.69) is 44.7 Å². The molecule has 0 heterocycles. The third-order valence-electron chi connectivity index (χ3n) is 4.44. The first-order chi connectivity index (χ1) is 9.56. The molecule has 2 nitrogen and oxygen atoms in total. The fourth-order valence-corrected chi connectivity index (χ4v) is 3.46. The summed E-state index contributed by atoms with van der Waals surface area (Å²) in [5.74, 6) is 0.918. The highest BCUT2D eigenvalue weighted by Gasteiger charge is 2.29. The average Bonchev–Trinajstić information content (AvgIpc) is 3.17. The maximum Gasteiger partial charge on any atom is 0.0475 e. The van der Waals surface area contributed by atoms with Crippen LogP contribution in [-0.2, 0) is 0 Å². The van der Waals surface area contributed by atoms with Gasteiger partial charge in [-0.1, -0.05) is 24.6 Å². The summed E-state index contributed by atoms with van der Waals surface area (Å²) in [7, 11) is 0. The molecule has 0 radical (unpaired) electrons. The summed E-state index contributed by atoms with van der Waals surface area (Å²) in [5, 5.41) is 0. The summed E-state index contributed by atoms with van der Waals surface area (Å²) >= 11 is 0. The minimum Gasteiger partial charge on any atom is -0.329 e. The Morgan fingerprint density at radius 2 is 1.80 bits per heavy atom. The van der Waals surface area contributed by atoms with Crippen molar-refractivity contribution in [1.29, 1.82) is 0 Å². The Balaban J connectivity index is 2.28. The van der Waals surface area contributed by atoms with E-state index in [4.69, 9.17) is 5.73 Å². The Bertz CT molecular complexity index is 426. The molecule has 0 spiro atoms. The predicted octanol–water partition coefficient (Wildman–Crippen LogP) is 3.73. The van der Waals surface area contributed by atoms with Crippen LogP contribution in [0, 0.1) is 26.7 Å². The van der Waals surface area contributed by atoms with Crippen molar-refractivity contribution in [2.24, 2.45) is 11.7 Å². The normalized spacial score (nSPS) is 16.7. The molecule has 2 rings (SSSR count). The molecule has 1 aliphatic carbocycles. The van der Waals surface area contributed by atoms with Gasteiger partial charge in [-0.15, -0.1) is 0 Å². The second-order valence-corrected chi connectivity index (χ2v) is 6.50. The minimum absolute atomic E-state index is 0.385. The molecule has 0 aromatic heterocycles. The molecule has 2 N–H and O–H groups in total. The second kappa shape index (κ2) is 6.73. The fourth-order valence-electron chi connectivity index (χ4n) is 3.46. The van der Waals surface area contributed by atoms with Crippen molar-refractivity contribution in [1.82, 2.24) is 4.90 Å². The number of nitrogens with zero attached hydrogens (tertiary/aromatic N) is 1. The molecule has 1 atom stereocenters. The van der Waals surface area contributed by atoms with Crippen molar-refractivity contribution in [3.63, 3.8) is 0 Å². The lowest BCUT2D eigenvalue weighted by molar-refractivity contribution is 0.192. The summed E-state index contributed by atoms with van der Waals surface area (Å²) in [6.45, 7) is 12.0. The molecule has 0 saturated heterocycles. The zero-order valence-electron chi connectivity index (χ0n) is 13.6. The minimum atomic E-state index is 0.385. The number of nitrogens with two attached hydrogens (primary N) is 1. The fraction of sp³-hybridized carbons (Fsp3) is 0.667. The van der Waals surface area contributed by atoms with E-state index >= 15 is 0 Å². The Morgan fingerprint density at radius 3 is 2.25 bits per heavy atom. The van der Waals surface area contributed by atoms with Crippen LogP contribution in [0.25, 0.3) is 0 Å². The number of aryl methyl sites for hydroxylation is 3. The van der Waals surface area contributed by atoms with Gasteiger partial charge < -0.3 is 5.73 Å². The van der Waals surface area contributed by atoms with Crippen LogP contribution < -0.4 is 5.73 Å². The van der Waals surface area contributed by atoms with E-state index in [1.807, 2.05) is 0 Å². The van der Waals surface area contributed by atoms with Gasteiger partial charge >= 0.3 is 0 Å². The van der Waals surface area contributed by atoms with Crippen LogP contribution >= 0.6 is 0 Å². The quantitative estimate of drug-likeness (QED) is 0.821. The SMILES string of the molecule is CCCN(CC1CC1)C(CN)c1c(C)cc(C)cc1C. The molecule has 0 aliphatic heterocycles. The van der Waals surface area contributed by atoms with E-state index in [0.717, 1.165) is 19.0 Å². The smallest absolute Gasteiger partial charge is 0.0475 e. The van der Waals surface area contributed by atoms with E-state index < -0.39 is 0 Å². The largest absolute Gasteiger partial charge is 0.329 e. The molecule has 20 heavy (non-hydrogen) atoms. The number of hydrogen-bond acceptors (Lipinski definition) is 2. The lowest BCUT2D eigenvalue weighted by atomic mass is 9.92. The lowest BCUT2D eigenvalue weighted by Crippen LogP contribution is -2.36. The third-order valence-corrected chi connectivity index (χ3v) is 4.44. The Morgan fingerprint density at radius 1 is 1.20 bits per heavy atom. The second-order valence-electron chi connectivity index (χ2n) is 6.50. The molecule has 2 heteroatoms. The highest BCUT2D eigenvalue weighted by molar-refractivity contribution is 5.40. The molecule has 1 saturated carbocycles. The van der Waals surface area contributed by atoms with Crippen LogP contribution in [-0.4, -0.2) is 24.5 Å². The van der Waals surface area contributed by atoms with Gasteiger partial charge in [-0.05, 0) is 69.2 Å². The van der Waals surface area contributed by atoms with Gasteiger partial charge in [0.25, 0.3) is 0 Å². The average molecular weight is 274 g/mol. The van der Waals surface area contributed by atoms with Crippen molar-refractivity contribution in [3.8, 4) is 0 Å². The zero-order chi connectivity index (χ0) is 14.7. The lowest BCUT2D eigenvalue weighted by Gasteiger charge is -2.33. The molecule has 0 amide bonds. The van der Waals surface area contributed by atoms with Crippen LogP contribution in [0.3, 0.4) is 0 Å². The molecule has 112 valence electrons. The molecular formula is C18H30N2. The summed E-state index contributed by atoms with van der Waals surface area (Å²) in [6, 6.07) is 4.98. The Labute approximate surface area is 124 Å². The monoisotopic (exact) mass is 274 g/mol. The van der Waals surface area contributed by atoms with E-state index in [9.17, 15) is 0 Å². The van der Waals surface area contributed by atoms with Crippen LogP contribution in [0.1, 0.15) is 54.5 Å². The maximum atomic E-state index is 6.17. The highest BCUT2D eigenvalue weighted by Crippen LogP contribution is 2.34. The van der Waals surface area contributed by atoms with Crippen LogP contribution in [0.15, 0.2) is 12.1 Å². The summed E-state index contributed by atoms with van der Waals surface area (Å²) in [6.07, 6.45) is 4.01. The van der Waals surface area contributed by atoms with Crippen molar-refractivity contribution in [3.05, 3.63) is 34.4 Å². The first-order valence-electron chi connectivity index (χ1n) is 8.08. The predicted molar refractivity (Wildman–Crippen MR) is 87.0 cm³/mol. The topological polar surface area (TPSA) is 29.3 Å². The van der Waals surface area contributed by atoms with E-state index in [-0.39, 0.29) is 0 Å². The summed E-state index contributed by atoms with van der Waals surface area (Å²) < 4.78 is 0. The molecule has 0 bridgehead atoms. The van der Waals surface area contributed by atoms with Gasteiger partial charge in [0.2, 0.25) is 0 Å². The summed E-state index contributed by atoms with van der Waals surface area (Å²) in [4.78, 5) is 2.63. The first kappa shape index (κ1) is 15.5. The van der Waals surface area contributed by atoms with Gasteiger partial charge in [0.05, 0.1) is 0 Å². The molecule has 1 aliphatic rings. The third kappa shape index (κ3) is 3.62. The van der Waals surface area contributed by atoms with Crippen molar-refractivity contribution >= 4 is 0 Å². The van der Waals surface area contributed by atoms with Gasteiger partial charge in [0.15, 0.2) is 0 Å². The van der Waals surface area contributed by atoms with E-state index in [0.29, 0.717) is 6.04 Å². The first-order valence-corrected chi connectivity index (χ1v) is 8.08.